The van der Waals surface area contributed by atoms with Crippen molar-refractivity contribution in [2.24, 2.45) is 0 Å². The standard InChI is InChI=1S/C11H16IN/c1-3-8-13(2)9-10-4-6-11(12)7-5-10/h4-7H,3,8-9H2,1-2H3. The van der Waals surface area contributed by atoms with E-state index in [1.165, 1.54) is 22.1 Å². The summed E-state index contributed by atoms with van der Waals surface area (Å²) in [5, 5.41) is 0. The second kappa shape index (κ2) is 5.60. The fourth-order valence-electron chi connectivity index (χ4n) is 1.36. The Bertz CT molecular complexity index is 243. The summed E-state index contributed by atoms with van der Waals surface area (Å²) in [6.45, 7) is 4.45. The van der Waals surface area contributed by atoms with Gasteiger partial charge in [0.1, 0.15) is 0 Å². The van der Waals surface area contributed by atoms with Crippen LogP contribution in [0.1, 0.15) is 18.9 Å². The molecule has 1 nitrogen and oxygen atoms in total. The number of hydrogen-bond acceptors (Lipinski definition) is 1. The summed E-state index contributed by atoms with van der Waals surface area (Å²) in [4.78, 5) is 2.35. The van der Waals surface area contributed by atoms with Gasteiger partial charge >= 0.3 is 0 Å². The lowest BCUT2D eigenvalue weighted by atomic mass is 10.2. The molecule has 0 radical (unpaired) electrons. The molecule has 1 rings (SSSR count). The molecule has 72 valence electrons. The number of hydrogen-bond donors (Lipinski definition) is 0. The van der Waals surface area contributed by atoms with Gasteiger partial charge in [-0.1, -0.05) is 19.1 Å². The molecule has 0 saturated carbocycles. The van der Waals surface area contributed by atoms with Crippen LogP contribution in [0, 0.1) is 3.57 Å². The van der Waals surface area contributed by atoms with Crippen molar-refractivity contribution in [3.05, 3.63) is 33.4 Å². The van der Waals surface area contributed by atoms with Crippen LogP contribution in [-0.4, -0.2) is 18.5 Å². The molecule has 0 saturated heterocycles. The van der Waals surface area contributed by atoms with Crippen LogP contribution in [0.25, 0.3) is 0 Å². The lowest BCUT2D eigenvalue weighted by Crippen LogP contribution is -2.18. The number of benzene rings is 1. The fraction of sp³-hybridized carbons (Fsp3) is 0.455. The summed E-state index contributed by atoms with van der Waals surface area (Å²) in [5.41, 5.74) is 1.40. The molecular weight excluding hydrogens is 273 g/mol. The van der Waals surface area contributed by atoms with E-state index in [1.807, 2.05) is 0 Å². The molecular formula is C11H16IN. The summed E-state index contributed by atoms with van der Waals surface area (Å²) in [7, 11) is 2.17. The number of rotatable bonds is 4. The molecule has 2 heteroatoms. The second-order valence-electron chi connectivity index (χ2n) is 3.36. The average Bonchev–Trinajstić information content (AvgIpc) is 2.09. The first-order valence-corrected chi connectivity index (χ1v) is 5.73. The quantitative estimate of drug-likeness (QED) is 0.770. The lowest BCUT2D eigenvalue weighted by molar-refractivity contribution is 0.327. The zero-order chi connectivity index (χ0) is 9.68. The van der Waals surface area contributed by atoms with Gasteiger partial charge in [0.2, 0.25) is 0 Å². The number of halogens is 1. The summed E-state index contributed by atoms with van der Waals surface area (Å²) >= 11 is 2.33. The van der Waals surface area contributed by atoms with Gasteiger partial charge in [0.05, 0.1) is 0 Å². The first-order chi connectivity index (χ1) is 6.22. The van der Waals surface area contributed by atoms with Gasteiger partial charge in [0.25, 0.3) is 0 Å². The van der Waals surface area contributed by atoms with Crippen molar-refractivity contribution in [2.45, 2.75) is 19.9 Å². The van der Waals surface area contributed by atoms with Gasteiger partial charge in [0, 0.05) is 10.1 Å². The Morgan fingerprint density at radius 1 is 1.23 bits per heavy atom. The van der Waals surface area contributed by atoms with Crippen LogP contribution >= 0.6 is 22.6 Å². The third-order valence-corrected chi connectivity index (χ3v) is 2.69. The molecule has 0 aliphatic carbocycles. The van der Waals surface area contributed by atoms with Gasteiger partial charge < -0.3 is 4.90 Å². The molecule has 0 atom stereocenters. The molecule has 1 aromatic rings. The van der Waals surface area contributed by atoms with Crippen LogP contribution in [0.3, 0.4) is 0 Å². The monoisotopic (exact) mass is 289 g/mol. The van der Waals surface area contributed by atoms with Crippen LogP contribution in [0.5, 0.6) is 0 Å². The third kappa shape index (κ3) is 4.09. The van der Waals surface area contributed by atoms with Gasteiger partial charge in [-0.05, 0) is 60.3 Å². The molecule has 0 N–H and O–H groups in total. The lowest BCUT2D eigenvalue weighted by Gasteiger charge is -2.15. The second-order valence-corrected chi connectivity index (χ2v) is 4.61. The molecule has 0 heterocycles. The van der Waals surface area contributed by atoms with Crippen molar-refractivity contribution < 1.29 is 0 Å². The van der Waals surface area contributed by atoms with E-state index in [4.69, 9.17) is 0 Å². The first-order valence-electron chi connectivity index (χ1n) is 4.65. The van der Waals surface area contributed by atoms with E-state index >= 15 is 0 Å². The van der Waals surface area contributed by atoms with Crippen LogP contribution in [-0.2, 0) is 6.54 Å². The van der Waals surface area contributed by atoms with E-state index in [-0.39, 0.29) is 0 Å². The topological polar surface area (TPSA) is 3.24 Å². The molecule has 0 aliphatic heterocycles. The SMILES string of the molecule is CCCN(C)Cc1ccc(I)cc1. The molecule has 0 spiro atoms. The molecule has 0 unspecified atom stereocenters. The van der Waals surface area contributed by atoms with E-state index in [0.717, 1.165) is 6.54 Å². The van der Waals surface area contributed by atoms with Crippen molar-refractivity contribution in [3.63, 3.8) is 0 Å². The Kier molecular flexibility index (Phi) is 4.73. The molecule has 0 fully saturated rings. The molecule has 0 bridgehead atoms. The van der Waals surface area contributed by atoms with Crippen molar-refractivity contribution in [3.8, 4) is 0 Å². The maximum absolute atomic E-state index is 2.35. The van der Waals surface area contributed by atoms with Crippen molar-refractivity contribution in [1.29, 1.82) is 0 Å². The van der Waals surface area contributed by atoms with E-state index in [2.05, 4.69) is 65.7 Å². The van der Waals surface area contributed by atoms with E-state index in [0.29, 0.717) is 0 Å². The normalized spacial score (nSPS) is 10.8. The van der Waals surface area contributed by atoms with Gasteiger partial charge in [-0.3, -0.25) is 0 Å². The number of nitrogens with zero attached hydrogens (tertiary/aromatic N) is 1. The highest BCUT2D eigenvalue weighted by Gasteiger charge is 1.97. The summed E-state index contributed by atoms with van der Waals surface area (Å²) in [5.74, 6) is 0. The highest BCUT2D eigenvalue weighted by molar-refractivity contribution is 14.1. The smallest absolute Gasteiger partial charge is 0.0230 e. The van der Waals surface area contributed by atoms with E-state index < -0.39 is 0 Å². The van der Waals surface area contributed by atoms with Gasteiger partial charge in [0.15, 0.2) is 0 Å². The molecule has 1 aromatic carbocycles. The van der Waals surface area contributed by atoms with Gasteiger partial charge in [-0.15, -0.1) is 0 Å². The highest BCUT2D eigenvalue weighted by atomic mass is 127. The molecule has 0 amide bonds. The van der Waals surface area contributed by atoms with Crippen molar-refractivity contribution in [1.82, 2.24) is 4.90 Å². The Balaban J connectivity index is 2.49. The Labute approximate surface area is 94.3 Å². The van der Waals surface area contributed by atoms with Crippen molar-refractivity contribution in [2.75, 3.05) is 13.6 Å². The van der Waals surface area contributed by atoms with E-state index in [1.54, 1.807) is 0 Å². The maximum atomic E-state index is 2.35. The third-order valence-electron chi connectivity index (χ3n) is 1.97. The van der Waals surface area contributed by atoms with Crippen LogP contribution in [0.15, 0.2) is 24.3 Å². The maximum Gasteiger partial charge on any atom is 0.0230 e. The zero-order valence-corrected chi connectivity index (χ0v) is 10.4. The van der Waals surface area contributed by atoms with E-state index in [9.17, 15) is 0 Å². The van der Waals surface area contributed by atoms with Gasteiger partial charge in [-0.2, -0.15) is 0 Å². The van der Waals surface area contributed by atoms with Crippen LogP contribution in [0.4, 0.5) is 0 Å². The minimum atomic E-state index is 1.06. The predicted molar refractivity (Wildman–Crippen MR) is 65.8 cm³/mol. The predicted octanol–water partition coefficient (Wildman–Crippen LogP) is 3.13. The van der Waals surface area contributed by atoms with Crippen LogP contribution in [0.2, 0.25) is 0 Å². The summed E-state index contributed by atoms with van der Waals surface area (Å²) < 4.78 is 1.31. The minimum absolute atomic E-state index is 1.06. The largest absolute Gasteiger partial charge is 0.302 e. The summed E-state index contributed by atoms with van der Waals surface area (Å²) in [6, 6.07) is 8.73. The minimum Gasteiger partial charge on any atom is -0.302 e. The average molecular weight is 289 g/mol. The van der Waals surface area contributed by atoms with Crippen molar-refractivity contribution >= 4 is 22.6 Å². The van der Waals surface area contributed by atoms with Gasteiger partial charge in [-0.25, -0.2) is 0 Å². The molecule has 0 aromatic heterocycles. The Hall–Kier alpha value is -0.0900. The highest BCUT2D eigenvalue weighted by Crippen LogP contribution is 2.08. The molecule has 0 aliphatic rings. The van der Waals surface area contributed by atoms with Crippen LogP contribution < -0.4 is 0 Å². The Morgan fingerprint density at radius 2 is 1.85 bits per heavy atom. The Morgan fingerprint density at radius 3 is 2.38 bits per heavy atom. The fourth-order valence-corrected chi connectivity index (χ4v) is 1.72. The first kappa shape index (κ1) is 11.0. The molecule has 13 heavy (non-hydrogen) atoms. The zero-order valence-electron chi connectivity index (χ0n) is 8.26. The summed E-state index contributed by atoms with van der Waals surface area (Å²) in [6.07, 6.45) is 1.22.